The van der Waals surface area contributed by atoms with Crippen LogP contribution in [0.5, 0.6) is 0 Å². The number of hydrogen-bond acceptors (Lipinski definition) is 7. The predicted octanol–water partition coefficient (Wildman–Crippen LogP) is 5.03. The molecule has 0 saturated carbocycles. The molecule has 1 saturated heterocycles. The Balaban J connectivity index is 1.60. The number of rotatable bonds is 4. The minimum Gasteiger partial charge on any atom is -0.484 e. The van der Waals surface area contributed by atoms with Crippen molar-refractivity contribution in [1.29, 1.82) is 0 Å². The van der Waals surface area contributed by atoms with Gasteiger partial charge < -0.3 is 19.5 Å². The van der Waals surface area contributed by atoms with Crippen LogP contribution in [0.1, 0.15) is 18.4 Å². The van der Waals surface area contributed by atoms with E-state index in [-0.39, 0.29) is 16.1 Å². The Kier molecular flexibility index (Phi) is 7.43. The molecule has 0 bridgehead atoms. The number of allylic oxidation sites excluding steroid dienone is 1. The number of halogens is 2. The summed E-state index contributed by atoms with van der Waals surface area (Å²) < 4.78 is 26.1. The Labute approximate surface area is 225 Å². The van der Waals surface area contributed by atoms with E-state index >= 15 is 4.39 Å². The van der Waals surface area contributed by atoms with E-state index in [4.69, 9.17) is 27.5 Å². The Morgan fingerprint density at radius 1 is 1.18 bits per heavy atom. The molecule has 1 N–H and O–H groups in total. The number of hydrogen-bond donors (Lipinski definition) is 1. The van der Waals surface area contributed by atoms with E-state index in [0.29, 0.717) is 54.1 Å². The minimum atomic E-state index is -1.90. The van der Waals surface area contributed by atoms with E-state index in [2.05, 4.69) is 25.8 Å². The van der Waals surface area contributed by atoms with E-state index in [1.165, 1.54) is 19.5 Å². The Bertz CT molecular complexity index is 1510. The molecule has 0 radical (unpaired) electrons. The summed E-state index contributed by atoms with van der Waals surface area (Å²) in [6.07, 6.45) is 13.0. The zero-order chi connectivity index (χ0) is 26.7. The molecule has 1 aromatic heterocycles. The number of methoxy groups -OCH3 is 1. The molecular formula is C29H26ClFN4O3. The number of benzene rings is 2. The van der Waals surface area contributed by atoms with E-state index < -0.39 is 11.4 Å². The molecule has 7 nitrogen and oxygen atoms in total. The van der Waals surface area contributed by atoms with Crippen molar-refractivity contribution in [3.63, 3.8) is 0 Å². The molecule has 1 atom stereocenters. The Hall–Kier alpha value is -3.77. The van der Waals surface area contributed by atoms with Crippen LogP contribution >= 0.6 is 11.6 Å². The number of aliphatic hydroxyl groups is 1. The SMILES string of the molecule is C#CC(O)(/C1=C/CC(OC)=N/C=C/C1)c1cc(-c2ncnc3cc(N4CCOCC4)ccc23)c(F)cc1Cl. The van der Waals surface area contributed by atoms with Gasteiger partial charge in [0.05, 0.1) is 36.6 Å². The molecule has 1 unspecified atom stereocenters. The lowest BCUT2D eigenvalue weighted by Gasteiger charge is -2.29. The summed E-state index contributed by atoms with van der Waals surface area (Å²) in [5.74, 6) is 2.36. The van der Waals surface area contributed by atoms with Crippen molar-refractivity contribution in [1.82, 2.24) is 9.97 Å². The summed E-state index contributed by atoms with van der Waals surface area (Å²) in [4.78, 5) is 15.2. The fourth-order valence-corrected chi connectivity index (χ4v) is 5.01. The van der Waals surface area contributed by atoms with Crippen LogP contribution in [0.15, 0.2) is 65.6 Å². The molecule has 9 heteroatoms. The van der Waals surface area contributed by atoms with Crippen molar-refractivity contribution in [2.24, 2.45) is 4.99 Å². The van der Waals surface area contributed by atoms with Gasteiger partial charge in [0.1, 0.15) is 12.1 Å². The van der Waals surface area contributed by atoms with Gasteiger partial charge in [0.2, 0.25) is 0 Å². The van der Waals surface area contributed by atoms with Gasteiger partial charge >= 0.3 is 0 Å². The fourth-order valence-electron chi connectivity index (χ4n) is 4.72. The monoisotopic (exact) mass is 532 g/mol. The highest BCUT2D eigenvalue weighted by Crippen LogP contribution is 2.40. The normalized spacial score (nSPS) is 19.8. The fraction of sp³-hybridized carbons (Fsp3) is 0.276. The maximum atomic E-state index is 15.4. The molecule has 2 aliphatic rings. The number of aliphatic imine (C=N–C) groups is 1. The molecule has 2 aliphatic heterocycles. The number of morpholine rings is 1. The van der Waals surface area contributed by atoms with Crippen molar-refractivity contribution in [3.8, 4) is 23.6 Å². The highest BCUT2D eigenvalue weighted by molar-refractivity contribution is 6.31. The van der Waals surface area contributed by atoms with Crippen LogP contribution in [0, 0.1) is 18.2 Å². The lowest BCUT2D eigenvalue weighted by molar-refractivity contribution is 0.122. The van der Waals surface area contributed by atoms with Gasteiger partial charge in [-0.1, -0.05) is 29.7 Å². The van der Waals surface area contributed by atoms with Gasteiger partial charge in [-0.2, -0.15) is 0 Å². The van der Waals surface area contributed by atoms with Gasteiger partial charge in [-0.25, -0.2) is 19.4 Å². The average molecular weight is 533 g/mol. The first-order valence-electron chi connectivity index (χ1n) is 12.2. The average Bonchev–Trinajstić information content (AvgIpc) is 2.93. The van der Waals surface area contributed by atoms with E-state index in [1.807, 2.05) is 18.2 Å². The zero-order valence-electron chi connectivity index (χ0n) is 20.8. The lowest BCUT2D eigenvalue weighted by atomic mass is 9.83. The van der Waals surface area contributed by atoms with E-state index in [9.17, 15) is 5.11 Å². The largest absolute Gasteiger partial charge is 0.484 e. The van der Waals surface area contributed by atoms with Gasteiger partial charge in [-0.3, -0.25) is 0 Å². The maximum absolute atomic E-state index is 15.4. The molecule has 1 fully saturated rings. The molecule has 5 rings (SSSR count). The van der Waals surface area contributed by atoms with Gasteiger partial charge in [0, 0.05) is 47.9 Å². The second-order valence-corrected chi connectivity index (χ2v) is 9.35. The van der Waals surface area contributed by atoms with Crippen molar-refractivity contribution in [3.05, 3.63) is 77.0 Å². The summed E-state index contributed by atoms with van der Waals surface area (Å²) in [7, 11) is 1.52. The van der Waals surface area contributed by atoms with Crippen molar-refractivity contribution < 1.29 is 19.0 Å². The number of terminal acetylenes is 1. The predicted molar refractivity (Wildman–Crippen MR) is 147 cm³/mol. The molecule has 194 valence electrons. The number of fused-ring (bicyclic) bond motifs is 1. The lowest BCUT2D eigenvalue weighted by Crippen LogP contribution is -2.36. The molecular weight excluding hydrogens is 507 g/mol. The van der Waals surface area contributed by atoms with Gasteiger partial charge in [0.15, 0.2) is 11.5 Å². The topological polar surface area (TPSA) is 80.1 Å². The highest BCUT2D eigenvalue weighted by Gasteiger charge is 2.35. The third-order valence-electron chi connectivity index (χ3n) is 6.79. The van der Waals surface area contributed by atoms with Crippen molar-refractivity contribution in [2.75, 3.05) is 38.3 Å². The van der Waals surface area contributed by atoms with Gasteiger partial charge in [-0.15, -0.1) is 6.42 Å². The van der Waals surface area contributed by atoms with Crippen LogP contribution in [0.2, 0.25) is 5.02 Å². The quantitative estimate of drug-likeness (QED) is 0.375. The Morgan fingerprint density at radius 2 is 2.00 bits per heavy atom. The first kappa shape index (κ1) is 25.9. The van der Waals surface area contributed by atoms with Crippen LogP contribution in [-0.4, -0.2) is 54.4 Å². The van der Waals surface area contributed by atoms with Crippen LogP contribution in [0.3, 0.4) is 0 Å². The zero-order valence-corrected chi connectivity index (χ0v) is 21.6. The molecule has 3 aromatic rings. The second-order valence-electron chi connectivity index (χ2n) is 8.94. The molecule has 0 spiro atoms. The summed E-state index contributed by atoms with van der Waals surface area (Å²) in [5.41, 5.74) is 0.999. The number of nitrogens with zero attached hydrogens (tertiary/aromatic N) is 4. The van der Waals surface area contributed by atoms with Crippen LogP contribution in [0.25, 0.3) is 22.2 Å². The number of anilines is 1. The summed E-state index contributed by atoms with van der Waals surface area (Å²) in [6, 6.07) is 8.44. The van der Waals surface area contributed by atoms with Crippen LogP contribution in [0.4, 0.5) is 10.1 Å². The molecule has 0 amide bonds. The first-order valence-corrected chi connectivity index (χ1v) is 12.5. The van der Waals surface area contributed by atoms with Crippen molar-refractivity contribution >= 4 is 34.1 Å². The van der Waals surface area contributed by atoms with Crippen LogP contribution < -0.4 is 4.90 Å². The molecule has 38 heavy (non-hydrogen) atoms. The van der Waals surface area contributed by atoms with Crippen LogP contribution in [-0.2, 0) is 15.1 Å². The summed E-state index contributed by atoms with van der Waals surface area (Å²) in [6.45, 7) is 2.89. The smallest absolute Gasteiger partial charge is 0.191 e. The van der Waals surface area contributed by atoms with E-state index in [0.717, 1.165) is 24.8 Å². The molecule has 0 aliphatic carbocycles. The third-order valence-corrected chi connectivity index (χ3v) is 7.10. The molecule has 2 aromatic carbocycles. The summed E-state index contributed by atoms with van der Waals surface area (Å²) >= 11 is 6.49. The number of ether oxygens (including phenoxy) is 2. The van der Waals surface area contributed by atoms with Gasteiger partial charge in [0.25, 0.3) is 0 Å². The molecule has 3 heterocycles. The third kappa shape index (κ3) is 4.88. The minimum absolute atomic E-state index is 0.00670. The maximum Gasteiger partial charge on any atom is 0.191 e. The highest BCUT2D eigenvalue weighted by atomic mass is 35.5. The summed E-state index contributed by atoms with van der Waals surface area (Å²) in [5, 5.41) is 12.4. The van der Waals surface area contributed by atoms with Gasteiger partial charge in [-0.05, 0) is 42.3 Å². The first-order chi connectivity index (χ1) is 18.4. The second kappa shape index (κ2) is 10.9. The number of aromatic nitrogens is 2. The van der Waals surface area contributed by atoms with Crippen molar-refractivity contribution in [2.45, 2.75) is 18.4 Å². The standard InChI is InChI=1S/C29H26ClFN4O3/c1-3-29(36,19-5-4-10-32-27(37-2)9-6-19)23-16-22(25(31)17-24(23)30)28-21-8-7-20(15-26(21)33-18-34-28)35-11-13-38-14-12-35/h1,4,6-8,10,15-18,36H,5,9,11-14H2,2H3/b10-4+,19-6+,32-27?. The van der Waals surface area contributed by atoms with E-state index in [1.54, 1.807) is 18.4 Å². The Morgan fingerprint density at radius 3 is 2.76 bits per heavy atom.